The molecule has 0 saturated carbocycles. The molecule has 1 unspecified atom stereocenters. The first-order chi connectivity index (χ1) is 9.79. The summed E-state index contributed by atoms with van der Waals surface area (Å²) in [5.74, 6) is 0.853. The Hall–Kier alpha value is -2.06. The van der Waals surface area contributed by atoms with E-state index in [9.17, 15) is 0 Å². The second kappa shape index (κ2) is 7.51. The molecule has 0 aliphatic heterocycles. The highest BCUT2D eigenvalue weighted by Crippen LogP contribution is 2.16. The molecule has 0 heterocycles. The predicted molar refractivity (Wildman–Crippen MR) is 82.8 cm³/mol. The molecule has 20 heavy (non-hydrogen) atoms. The first-order valence-electron chi connectivity index (χ1n) is 6.81. The Morgan fingerprint density at radius 3 is 2.35 bits per heavy atom. The molecule has 0 bridgehead atoms. The minimum absolute atomic E-state index is 0.0861. The number of rotatable bonds is 7. The third-order valence-electron chi connectivity index (χ3n) is 3.10. The molecule has 2 aromatic carbocycles. The molecule has 0 saturated heterocycles. The first-order valence-corrected chi connectivity index (χ1v) is 6.81. The zero-order chi connectivity index (χ0) is 14.2. The van der Waals surface area contributed by atoms with Crippen LogP contribution in [-0.4, -0.2) is 13.2 Å². The molecule has 0 spiro atoms. The van der Waals surface area contributed by atoms with Crippen LogP contribution >= 0.6 is 0 Å². The summed E-state index contributed by atoms with van der Waals surface area (Å²) in [6.45, 7) is 6.89. The standard InChI is InChI=1S/C18H20O2/c1-3-16-9-11-18(12-10-16)20-14-13-19-15(2)17-7-5-4-6-8-17/h3-12,15H,1,13-14H2,2H3. The lowest BCUT2D eigenvalue weighted by Gasteiger charge is -2.14. The Labute approximate surface area is 120 Å². The fourth-order valence-electron chi connectivity index (χ4n) is 1.90. The zero-order valence-corrected chi connectivity index (χ0v) is 11.8. The van der Waals surface area contributed by atoms with E-state index in [0.29, 0.717) is 13.2 Å². The summed E-state index contributed by atoms with van der Waals surface area (Å²) < 4.78 is 11.4. The quantitative estimate of drug-likeness (QED) is 0.689. The van der Waals surface area contributed by atoms with Crippen molar-refractivity contribution in [1.29, 1.82) is 0 Å². The highest BCUT2D eigenvalue weighted by molar-refractivity contribution is 5.48. The summed E-state index contributed by atoms with van der Waals surface area (Å²) in [6.07, 6.45) is 1.90. The SMILES string of the molecule is C=Cc1ccc(OCCOC(C)c2ccccc2)cc1. The summed E-state index contributed by atoms with van der Waals surface area (Å²) in [5.41, 5.74) is 2.27. The van der Waals surface area contributed by atoms with Gasteiger partial charge in [-0.3, -0.25) is 0 Å². The van der Waals surface area contributed by atoms with Crippen LogP contribution < -0.4 is 4.74 Å². The van der Waals surface area contributed by atoms with Gasteiger partial charge in [0.15, 0.2) is 0 Å². The summed E-state index contributed by atoms with van der Waals surface area (Å²) in [4.78, 5) is 0. The van der Waals surface area contributed by atoms with Crippen molar-refractivity contribution < 1.29 is 9.47 Å². The van der Waals surface area contributed by atoms with E-state index in [2.05, 4.69) is 18.7 Å². The van der Waals surface area contributed by atoms with E-state index in [4.69, 9.17) is 9.47 Å². The number of hydrogen-bond acceptors (Lipinski definition) is 2. The molecule has 0 N–H and O–H groups in total. The van der Waals surface area contributed by atoms with Crippen molar-refractivity contribution in [3.8, 4) is 5.75 Å². The van der Waals surface area contributed by atoms with Gasteiger partial charge in [-0.15, -0.1) is 0 Å². The van der Waals surface area contributed by atoms with Crippen molar-refractivity contribution in [1.82, 2.24) is 0 Å². The van der Waals surface area contributed by atoms with Gasteiger partial charge >= 0.3 is 0 Å². The second-order valence-electron chi connectivity index (χ2n) is 4.55. The van der Waals surface area contributed by atoms with Crippen LogP contribution in [0.4, 0.5) is 0 Å². The summed E-state index contributed by atoms with van der Waals surface area (Å²) in [7, 11) is 0. The highest BCUT2D eigenvalue weighted by Gasteiger charge is 2.04. The first kappa shape index (κ1) is 14.4. The molecule has 2 heteroatoms. The van der Waals surface area contributed by atoms with Crippen LogP contribution in [0.25, 0.3) is 6.08 Å². The normalized spacial score (nSPS) is 11.8. The predicted octanol–water partition coefficient (Wildman–Crippen LogP) is 4.49. The number of benzene rings is 2. The van der Waals surface area contributed by atoms with Crippen LogP contribution in [0.15, 0.2) is 61.2 Å². The van der Waals surface area contributed by atoms with Gasteiger partial charge in [0.2, 0.25) is 0 Å². The van der Waals surface area contributed by atoms with Gasteiger partial charge in [0.05, 0.1) is 12.7 Å². The van der Waals surface area contributed by atoms with Gasteiger partial charge in [-0.1, -0.05) is 55.1 Å². The van der Waals surface area contributed by atoms with Crippen LogP contribution in [0.5, 0.6) is 5.75 Å². The molecule has 0 fully saturated rings. The zero-order valence-electron chi connectivity index (χ0n) is 11.8. The molecular weight excluding hydrogens is 248 g/mol. The molecular formula is C18H20O2. The molecule has 2 nitrogen and oxygen atoms in total. The molecule has 2 rings (SSSR count). The molecule has 0 amide bonds. The summed E-state index contributed by atoms with van der Waals surface area (Å²) in [6, 6.07) is 18.0. The average Bonchev–Trinajstić information content (AvgIpc) is 2.53. The Morgan fingerprint density at radius 1 is 1.00 bits per heavy atom. The van der Waals surface area contributed by atoms with Crippen molar-refractivity contribution in [3.63, 3.8) is 0 Å². The molecule has 1 atom stereocenters. The lowest BCUT2D eigenvalue weighted by molar-refractivity contribution is 0.0439. The van der Waals surface area contributed by atoms with Crippen LogP contribution in [0.2, 0.25) is 0 Å². The smallest absolute Gasteiger partial charge is 0.119 e. The summed E-state index contributed by atoms with van der Waals surface area (Å²) in [5, 5.41) is 0. The third kappa shape index (κ3) is 4.25. The van der Waals surface area contributed by atoms with Crippen LogP contribution in [-0.2, 0) is 4.74 Å². The lowest BCUT2D eigenvalue weighted by Crippen LogP contribution is -2.09. The minimum atomic E-state index is 0.0861. The number of hydrogen-bond donors (Lipinski definition) is 0. The van der Waals surface area contributed by atoms with Crippen LogP contribution in [0.3, 0.4) is 0 Å². The number of ether oxygens (including phenoxy) is 2. The van der Waals surface area contributed by atoms with Gasteiger partial charge in [0, 0.05) is 0 Å². The van der Waals surface area contributed by atoms with E-state index in [0.717, 1.165) is 11.3 Å². The van der Waals surface area contributed by atoms with E-state index in [1.807, 2.05) is 55.5 Å². The van der Waals surface area contributed by atoms with E-state index in [-0.39, 0.29) is 6.10 Å². The molecule has 0 aromatic heterocycles. The van der Waals surface area contributed by atoms with Crippen LogP contribution in [0.1, 0.15) is 24.2 Å². The molecule has 2 aromatic rings. The third-order valence-corrected chi connectivity index (χ3v) is 3.10. The van der Waals surface area contributed by atoms with E-state index in [1.165, 1.54) is 5.56 Å². The van der Waals surface area contributed by atoms with Crippen LogP contribution in [0, 0.1) is 0 Å². The maximum atomic E-state index is 5.75. The van der Waals surface area contributed by atoms with Gasteiger partial charge < -0.3 is 9.47 Å². The van der Waals surface area contributed by atoms with Gasteiger partial charge in [-0.05, 0) is 30.2 Å². The molecule has 0 aliphatic rings. The van der Waals surface area contributed by atoms with E-state index >= 15 is 0 Å². The largest absolute Gasteiger partial charge is 0.491 e. The maximum Gasteiger partial charge on any atom is 0.119 e. The molecule has 104 valence electrons. The van der Waals surface area contributed by atoms with Gasteiger partial charge in [0.1, 0.15) is 12.4 Å². The van der Waals surface area contributed by atoms with Gasteiger partial charge in [-0.25, -0.2) is 0 Å². The fourth-order valence-corrected chi connectivity index (χ4v) is 1.90. The maximum absolute atomic E-state index is 5.75. The Morgan fingerprint density at radius 2 is 1.70 bits per heavy atom. The monoisotopic (exact) mass is 268 g/mol. The average molecular weight is 268 g/mol. The summed E-state index contributed by atoms with van der Waals surface area (Å²) >= 11 is 0. The van der Waals surface area contributed by atoms with Gasteiger partial charge in [0.25, 0.3) is 0 Å². The van der Waals surface area contributed by atoms with E-state index in [1.54, 1.807) is 0 Å². The minimum Gasteiger partial charge on any atom is -0.491 e. The van der Waals surface area contributed by atoms with E-state index < -0.39 is 0 Å². The van der Waals surface area contributed by atoms with Gasteiger partial charge in [-0.2, -0.15) is 0 Å². The second-order valence-corrected chi connectivity index (χ2v) is 4.55. The van der Waals surface area contributed by atoms with Crippen molar-refractivity contribution >= 4 is 6.08 Å². The van der Waals surface area contributed by atoms with Crippen molar-refractivity contribution in [2.45, 2.75) is 13.0 Å². The van der Waals surface area contributed by atoms with Crippen molar-refractivity contribution in [3.05, 3.63) is 72.3 Å². The Bertz CT molecular complexity index is 517. The topological polar surface area (TPSA) is 18.5 Å². The van der Waals surface area contributed by atoms with Crippen molar-refractivity contribution in [2.24, 2.45) is 0 Å². The lowest BCUT2D eigenvalue weighted by atomic mass is 10.1. The molecule has 0 radical (unpaired) electrons. The van der Waals surface area contributed by atoms with Crippen molar-refractivity contribution in [2.75, 3.05) is 13.2 Å². The Kier molecular flexibility index (Phi) is 5.39. The highest BCUT2D eigenvalue weighted by atomic mass is 16.5. The molecule has 0 aliphatic carbocycles. The Balaban J connectivity index is 1.72. The fraction of sp³-hybridized carbons (Fsp3) is 0.222.